The normalized spacial score (nSPS) is 14.4. The van der Waals surface area contributed by atoms with E-state index in [1.807, 2.05) is 42.5 Å². The largest absolute Gasteiger partial charge is 0.490 e. The quantitative estimate of drug-likeness (QED) is 0.432. The van der Waals surface area contributed by atoms with Crippen LogP contribution in [0.5, 0.6) is 11.5 Å². The van der Waals surface area contributed by atoms with Crippen LogP contribution in [0.25, 0.3) is 11.0 Å². The molecule has 1 aliphatic carbocycles. The summed E-state index contributed by atoms with van der Waals surface area (Å²) in [5.74, 6) is 2.62. The molecule has 0 aliphatic heterocycles. The molecule has 0 saturated heterocycles. The molecule has 1 saturated carbocycles. The number of nitrogen functional groups attached to an aromatic ring is 1. The van der Waals surface area contributed by atoms with Gasteiger partial charge in [0.25, 0.3) is 0 Å². The molecule has 152 valence electrons. The first-order valence-electron chi connectivity index (χ1n) is 10.4. The summed E-state index contributed by atoms with van der Waals surface area (Å²) < 4.78 is 14.2. The smallest absolute Gasteiger partial charge is 0.147 e. The lowest BCUT2D eigenvalue weighted by Gasteiger charge is -2.13. The van der Waals surface area contributed by atoms with Crippen molar-refractivity contribution in [3.8, 4) is 11.5 Å². The Kier molecular flexibility index (Phi) is 5.69. The Balaban J connectivity index is 1.48. The van der Waals surface area contributed by atoms with Crippen molar-refractivity contribution in [3.63, 3.8) is 0 Å². The Hall–Kier alpha value is -3.02. The van der Waals surface area contributed by atoms with Crippen LogP contribution < -0.4 is 15.2 Å². The molecule has 29 heavy (non-hydrogen) atoms. The molecule has 1 fully saturated rings. The number of aryl methyl sites for hydroxylation is 1. The molecule has 2 aromatic carbocycles. The van der Waals surface area contributed by atoms with Crippen molar-refractivity contribution in [2.24, 2.45) is 5.73 Å². The number of nitrogens with two attached hydrogens (primary N) is 1. The number of amidine groups is 1. The molecular weight excluding hydrogens is 364 g/mol. The first-order chi connectivity index (χ1) is 14.1. The molecule has 0 bridgehead atoms. The lowest BCUT2D eigenvalue weighted by molar-refractivity contribution is 0.209. The Morgan fingerprint density at radius 1 is 1.14 bits per heavy atom. The Labute approximate surface area is 171 Å². The number of imidazole rings is 1. The SMILES string of the molecule is CCCn1c(COc2ccc(OC3CCCC3)cc2)nc2cc(C(=N)N)ccc21. The third-order valence-electron chi connectivity index (χ3n) is 5.38. The number of ether oxygens (including phenoxy) is 2. The predicted molar refractivity (Wildman–Crippen MR) is 115 cm³/mol. The summed E-state index contributed by atoms with van der Waals surface area (Å²) in [6.45, 7) is 3.39. The molecule has 0 amide bonds. The maximum absolute atomic E-state index is 7.64. The van der Waals surface area contributed by atoms with Gasteiger partial charge in [0.1, 0.15) is 29.8 Å². The molecule has 0 atom stereocenters. The molecular formula is C23H28N4O2. The van der Waals surface area contributed by atoms with Gasteiger partial charge in [-0.25, -0.2) is 4.98 Å². The standard InChI is InChI=1S/C23H28N4O2/c1-2-13-27-21-12-7-16(23(24)25)14-20(21)26-22(27)15-28-17-8-10-19(11-9-17)29-18-5-3-4-6-18/h7-12,14,18H,2-6,13,15H2,1H3,(H3,24,25). The molecule has 6 nitrogen and oxygen atoms in total. The number of benzene rings is 2. The van der Waals surface area contributed by atoms with E-state index >= 15 is 0 Å². The van der Waals surface area contributed by atoms with Gasteiger partial charge < -0.3 is 19.8 Å². The van der Waals surface area contributed by atoms with Gasteiger partial charge in [0, 0.05) is 12.1 Å². The summed E-state index contributed by atoms with van der Waals surface area (Å²) in [5, 5.41) is 7.64. The fourth-order valence-corrected chi connectivity index (χ4v) is 3.89. The van der Waals surface area contributed by atoms with Crippen molar-refractivity contribution in [3.05, 3.63) is 53.9 Å². The van der Waals surface area contributed by atoms with E-state index in [1.54, 1.807) is 0 Å². The number of fused-ring (bicyclic) bond motifs is 1. The second-order valence-electron chi connectivity index (χ2n) is 7.58. The lowest BCUT2D eigenvalue weighted by Crippen LogP contribution is -2.10. The van der Waals surface area contributed by atoms with Gasteiger partial charge >= 0.3 is 0 Å². The van der Waals surface area contributed by atoms with Crippen molar-refractivity contribution in [1.29, 1.82) is 5.41 Å². The van der Waals surface area contributed by atoms with Crippen LogP contribution in [0, 0.1) is 5.41 Å². The molecule has 3 N–H and O–H groups in total. The van der Waals surface area contributed by atoms with Crippen LogP contribution in [0.4, 0.5) is 0 Å². The molecule has 0 unspecified atom stereocenters. The topological polar surface area (TPSA) is 86.2 Å². The van der Waals surface area contributed by atoms with Crippen molar-refractivity contribution in [2.75, 3.05) is 0 Å². The van der Waals surface area contributed by atoms with Crippen molar-refractivity contribution in [1.82, 2.24) is 9.55 Å². The molecule has 0 spiro atoms. The van der Waals surface area contributed by atoms with Gasteiger partial charge in [0.2, 0.25) is 0 Å². The number of hydrogen-bond donors (Lipinski definition) is 2. The van der Waals surface area contributed by atoms with Crippen LogP contribution in [-0.4, -0.2) is 21.5 Å². The summed E-state index contributed by atoms with van der Waals surface area (Å²) >= 11 is 0. The van der Waals surface area contributed by atoms with Gasteiger partial charge in [-0.1, -0.05) is 6.92 Å². The maximum Gasteiger partial charge on any atom is 0.147 e. The molecule has 1 aromatic heterocycles. The van der Waals surface area contributed by atoms with Gasteiger partial charge in [0.05, 0.1) is 17.1 Å². The highest BCUT2D eigenvalue weighted by Crippen LogP contribution is 2.26. The third-order valence-corrected chi connectivity index (χ3v) is 5.38. The van der Waals surface area contributed by atoms with Gasteiger partial charge in [-0.15, -0.1) is 0 Å². The molecule has 4 rings (SSSR count). The first kappa shape index (κ1) is 19.3. The second kappa shape index (κ2) is 8.55. The summed E-state index contributed by atoms with van der Waals surface area (Å²) in [5.41, 5.74) is 8.18. The maximum atomic E-state index is 7.64. The fraction of sp³-hybridized carbons (Fsp3) is 0.391. The Morgan fingerprint density at radius 2 is 1.86 bits per heavy atom. The molecule has 1 aliphatic rings. The average Bonchev–Trinajstić information content (AvgIpc) is 3.35. The second-order valence-corrected chi connectivity index (χ2v) is 7.58. The van der Waals surface area contributed by atoms with Gasteiger partial charge in [-0.2, -0.15) is 0 Å². The highest BCUT2D eigenvalue weighted by atomic mass is 16.5. The Morgan fingerprint density at radius 3 is 2.55 bits per heavy atom. The minimum atomic E-state index is 0.0506. The molecule has 3 aromatic rings. The van der Waals surface area contributed by atoms with Crippen LogP contribution in [0.1, 0.15) is 50.4 Å². The number of hydrogen-bond acceptors (Lipinski definition) is 4. The van der Waals surface area contributed by atoms with Crippen LogP contribution in [0.2, 0.25) is 0 Å². The van der Waals surface area contributed by atoms with E-state index in [1.165, 1.54) is 12.8 Å². The highest BCUT2D eigenvalue weighted by Gasteiger charge is 2.16. The van der Waals surface area contributed by atoms with E-state index in [4.69, 9.17) is 25.6 Å². The van der Waals surface area contributed by atoms with Gasteiger partial charge in [0.15, 0.2) is 0 Å². The van der Waals surface area contributed by atoms with Crippen molar-refractivity contribution < 1.29 is 9.47 Å². The van der Waals surface area contributed by atoms with Crippen LogP contribution in [0.15, 0.2) is 42.5 Å². The van der Waals surface area contributed by atoms with E-state index in [0.717, 1.165) is 54.2 Å². The number of nitrogens with zero attached hydrogens (tertiary/aromatic N) is 2. The van der Waals surface area contributed by atoms with E-state index in [0.29, 0.717) is 18.3 Å². The summed E-state index contributed by atoms with van der Waals surface area (Å²) in [6, 6.07) is 13.6. The molecule has 1 heterocycles. The first-order valence-corrected chi connectivity index (χ1v) is 10.4. The van der Waals surface area contributed by atoms with E-state index in [-0.39, 0.29) is 5.84 Å². The fourth-order valence-electron chi connectivity index (χ4n) is 3.89. The van der Waals surface area contributed by atoms with Crippen molar-refractivity contribution in [2.45, 2.75) is 58.3 Å². The third kappa shape index (κ3) is 4.36. The summed E-state index contributed by atoms with van der Waals surface area (Å²) in [4.78, 5) is 4.74. The summed E-state index contributed by atoms with van der Waals surface area (Å²) in [7, 11) is 0. The Bertz CT molecular complexity index is 988. The van der Waals surface area contributed by atoms with Gasteiger partial charge in [-0.05, 0) is 74.6 Å². The summed E-state index contributed by atoms with van der Waals surface area (Å²) in [6.07, 6.45) is 6.18. The predicted octanol–water partition coefficient (Wildman–Crippen LogP) is 4.63. The van der Waals surface area contributed by atoms with Gasteiger partial charge in [-0.3, -0.25) is 5.41 Å². The van der Waals surface area contributed by atoms with E-state index in [2.05, 4.69) is 11.5 Å². The minimum absolute atomic E-state index is 0.0506. The number of nitrogens with one attached hydrogen (secondary N) is 1. The van der Waals surface area contributed by atoms with E-state index in [9.17, 15) is 0 Å². The van der Waals surface area contributed by atoms with E-state index < -0.39 is 0 Å². The van der Waals surface area contributed by atoms with Crippen LogP contribution in [0.3, 0.4) is 0 Å². The highest BCUT2D eigenvalue weighted by molar-refractivity contribution is 5.98. The minimum Gasteiger partial charge on any atom is -0.490 e. The average molecular weight is 393 g/mol. The zero-order valence-corrected chi connectivity index (χ0v) is 16.9. The zero-order valence-electron chi connectivity index (χ0n) is 16.9. The number of rotatable bonds is 8. The molecule has 0 radical (unpaired) electrons. The van der Waals surface area contributed by atoms with Crippen molar-refractivity contribution >= 4 is 16.9 Å². The zero-order chi connectivity index (χ0) is 20.2. The van der Waals surface area contributed by atoms with Crippen LogP contribution >= 0.6 is 0 Å². The molecule has 6 heteroatoms. The van der Waals surface area contributed by atoms with Crippen LogP contribution in [-0.2, 0) is 13.2 Å². The monoisotopic (exact) mass is 392 g/mol. The number of aromatic nitrogens is 2. The lowest BCUT2D eigenvalue weighted by atomic mass is 10.2.